The number of hydrogen-bond donors (Lipinski definition) is 2. The molecule has 19 rings (SSSR count). The monoisotopic (exact) mass is 2590 g/mol. The van der Waals surface area contributed by atoms with Gasteiger partial charge in [-0.25, -0.2) is 23.4 Å². The predicted octanol–water partition coefficient (Wildman–Crippen LogP) is 38.7. The Labute approximate surface area is 982 Å². The number of carbonyl (C=O) groups is 2. The molecule has 1 aliphatic rings. The number of aromatic nitrogens is 9. The molecule has 806 valence electrons. The summed E-state index contributed by atoms with van der Waals surface area (Å²) in [5.41, 5.74) is 9.94. The Hall–Kier alpha value is -7.25. The van der Waals surface area contributed by atoms with Crippen LogP contribution in [-0.2, 0) is 26.5 Å². The van der Waals surface area contributed by atoms with Gasteiger partial charge in [-0.1, -0.05) is 124 Å². The topological polar surface area (TPSA) is 309 Å². The predicted molar refractivity (Wildman–Crippen MR) is 661 cm³/mol. The van der Waals surface area contributed by atoms with Crippen molar-refractivity contribution in [3.63, 3.8) is 0 Å². The molecule has 17 heterocycles. The van der Waals surface area contributed by atoms with Crippen LogP contribution in [0.4, 0.5) is 21.0 Å². The van der Waals surface area contributed by atoms with Crippen LogP contribution < -0.4 is 15.4 Å². The number of thiophene rings is 9. The minimum Gasteiger partial charge on any atom is -0.494 e. The highest BCUT2D eigenvalue weighted by molar-refractivity contribution is 9.11. The number of thiazole rings is 3. The number of sulfone groups is 1. The molecule has 0 saturated carbocycles. The molecule has 1 unspecified atom stereocenters. The summed E-state index contributed by atoms with van der Waals surface area (Å²) >= 11 is 60.8. The molecular formula is C103H123Br3Cl5N13O10S15. The number of nitrogens with one attached hydrogen (secondary N) is 2. The maximum atomic E-state index is 10.6. The first-order chi connectivity index (χ1) is 69.4. The first kappa shape index (κ1) is 136. The molecule has 0 radical (unpaired) electrons. The summed E-state index contributed by atoms with van der Waals surface area (Å²) in [6.07, 6.45) is 2.73. The summed E-state index contributed by atoms with van der Waals surface area (Å²) in [7, 11) is -0.612. The summed E-state index contributed by atoms with van der Waals surface area (Å²) in [6.45, 7) is 51.6. The Balaban J connectivity index is 0.000000410. The van der Waals surface area contributed by atoms with Gasteiger partial charge in [-0.2, -0.15) is 5.10 Å². The lowest BCUT2D eigenvalue weighted by Crippen LogP contribution is -2.04. The van der Waals surface area contributed by atoms with Crippen molar-refractivity contribution in [1.29, 1.82) is 0 Å². The molecule has 46 heteroatoms. The molecule has 2 amide bonds. The van der Waals surface area contributed by atoms with Crippen molar-refractivity contribution < 1.29 is 37.1 Å². The number of amides is 2. The van der Waals surface area contributed by atoms with E-state index in [9.17, 15) is 38.2 Å². The highest BCUT2D eigenvalue weighted by Crippen LogP contribution is 2.38. The Morgan fingerprint density at radius 3 is 1.45 bits per heavy atom. The van der Waals surface area contributed by atoms with Crippen molar-refractivity contribution in [2.24, 2.45) is 13.0 Å². The van der Waals surface area contributed by atoms with Gasteiger partial charge >= 0.3 is 5.00 Å². The van der Waals surface area contributed by atoms with E-state index in [1.54, 1.807) is 104 Å². The zero-order valence-corrected chi connectivity index (χ0v) is 107. The van der Waals surface area contributed by atoms with Crippen LogP contribution in [0.5, 0.6) is 5.75 Å². The summed E-state index contributed by atoms with van der Waals surface area (Å²) < 4.78 is 41.2. The molecule has 0 bridgehead atoms. The van der Waals surface area contributed by atoms with Crippen molar-refractivity contribution in [3.8, 4) is 16.3 Å². The van der Waals surface area contributed by atoms with Crippen LogP contribution in [0.15, 0.2) is 189 Å². The third kappa shape index (κ3) is 57.1. The number of hydrogen-bond acceptors (Lipinski definition) is 32. The summed E-state index contributed by atoms with van der Waals surface area (Å²) in [4.78, 5) is 73.2. The van der Waals surface area contributed by atoms with Crippen molar-refractivity contribution in [2.45, 2.75) is 203 Å². The van der Waals surface area contributed by atoms with E-state index in [1.165, 1.54) is 155 Å². The number of halogens is 8. The second-order valence-corrected chi connectivity index (χ2v) is 57.9. The molecule has 16 aromatic heterocycles. The van der Waals surface area contributed by atoms with E-state index in [0.29, 0.717) is 34.3 Å². The molecule has 149 heavy (non-hydrogen) atoms. The number of pyridine rings is 1. The Bertz CT molecular complexity index is 6860. The van der Waals surface area contributed by atoms with Gasteiger partial charge in [0.05, 0.1) is 103 Å². The van der Waals surface area contributed by atoms with Gasteiger partial charge in [0.25, 0.3) is 5.69 Å². The second-order valence-electron chi connectivity index (χ2n) is 31.7. The van der Waals surface area contributed by atoms with Crippen molar-refractivity contribution in [2.75, 3.05) is 28.7 Å². The van der Waals surface area contributed by atoms with Crippen molar-refractivity contribution in [1.82, 2.24) is 45.1 Å². The Morgan fingerprint density at radius 2 is 1.13 bits per heavy atom. The molecule has 2 aromatic carbocycles. The lowest BCUT2D eigenvalue weighted by molar-refractivity contribution is -0.384. The number of nitrogens with zero attached hydrogens (tertiary/aromatic N) is 11. The second kappa shape index (κ2) is 71.0. The van der Waals surface area contributed by atoms with Crippen molar-refractivity contribution >= 4 is 318 Å². The molecule has 1 saturated heterocycles. The molecule has 0 aliphatic carbocycles. The van der Waals surface area contributed by atoms with E-state index in [1.807, 2.05) is 238 Å². The van der Waals surface area contributed by atoms with E-state index in [2.05, 4.69) is 199 Å². The van der Waals surface area contributed by atoms with Crippen LogP contribution in [-0.4, -0.2) is 93.3 Å². The van der Waals surface area contributed by atoms with Crippen LogP contribution in [0, 0.1) is 178 Å². The maximum Gasteiger partial charge on any atom is 0.324 e. The van der Waals surface area contributed by atoms with Crippen LogP contribution >= 0.6 is 265 Å². The molecule has 0 spiro atoms. The van der Waals surface area contributed by atoms with Gasteiger partial charge in [-0.05, 0) is 358 Å². The fourth-order valence-corrected chi connectivity index (χ4v) is 27.6. The van der Waals surface area contributed by atoms with E-state index in [-0.39, 0.29) is 39.2 Å². The van der Waals surface area contributed by atoms with Crippen LogP contribution in [0.1, 0.15) is 156 Å². The zero-order valence-electron chi connectivity index (χ0n) is 86.6. The third-order valence-electron chi connectivity index (χ3n) is 18.2. The lowest BCUT2D eigenvalue weighted by atomic mass is 10.2. The van der Waals surface area contributed by atoms with Gasteiger partial charge in [0.2, 0.25) is 16.9 Å². The molecule has 18 aromatic rings. The zero-order chi connectivity index (χ0) is 111. The molecule has 1 atom stereocenters. The number of benzene rings is 2. The summed E-state index contributed by atoms with van der Waals surface area (Å²) in [5, 5.41) is 49.1. The van der Waals surface area contributed by atoms with Gasteiger partial charge in [0.1, 0.15) is 20.9 Å². The number of fused-ring (bicyclic) bond motifs is 1. The first-order valence-electron chi connectivity index (χ1n) is 44.6. The number of carbonyl (C=O) groups excluding carboxylic acids is 2. The highest BCUT2D eigenvalue weighted by atomic mass is 79.9. The number of anilines is 2. The fourth-order valence-electron chi connectivity index (χ4n) is 10.8. The smallest absolute Gasteiger partial charge is 0.324 e. The fraction of sp³-hybridized carbons (Fsp3) is 0.320. The lowest BCUT2D eigenvalue weighted by Gasteiger charge is -2.00. The molecule has 23 nitrogen and oxygen atoms in total. The number of rotatable bonds is 9. The molecule has 1 fully saturated rings. The summed E-state index contributed by atoms with van der Waals surface area (Å²) in [6, 6.07) is 49.6. The molecular weight excluding hydrogens is 2480 g/mol. The molecule has 2 N–H and O–H groups in total. The number of nitro groups is 2. The van der Waals surface area contributed by atoms with Crippen molar-refractivity contribution in [3.05, 3.63) is 333 Å². The van der Waals surface area contributed by atoms with Gasteiger partial charge in [-0.15, -0.1) is 135 Å². The van der Waals surface area contributed by atoms with Crippen LogP contribution in [0.25, 0.3) is 20.8 Å². The van der Waals surface area contributed by atoms with Gasteiger partial charge in [0, 0.05) is 119 Å². The van der Waals surface area contributed by atoms with Gasteiger partial charge in [-0.3, -0.25) is 39.5 Å². The number of aryl methyl sites for hydroxylation is 22. The average Bonchev–Trinajstić information content (AvgIpc) is 1.69. The van der Waals surface area contributed by atoms with E-state index in [4.69, 9.17) is 67.3 Å². The first-order valence-corrected chi connectivity index (χ1v) is 62.2. The Morgan fingerprint density at radius 1 is 0.550 bits per heavy atom. The Kier molecular flexibility index (Phi) is 64.8. The highest BCUT2D eigenvalue weighted by Gasteiger charge is 2.24. The number of ether oxygens (including phenoxy) is 1. The SMILES string of the molecule is C.CC(=O)Nc1nc(C)c(C)s1.CC(=O)Nc1nnc(C)s1.CC1CCS(=O)(=O)C1.CCOc1ccc2nc(C)sc2c1.Cc1cc(-c2ccc(C)s2)n(C)n1.Cc1cc(Br)c(Cl)s1.Cc1cc(Cl)c(Br)s1.Cc1cc([N+](=O)[O-])c(Cl)s1.Cc1ccc(Br)s1.Cc1ccc(C)nc1.Cc1ccc(Cl)s1.Cc1ccc(Sc2ccc(Cl)cc2)s1.Cc1ccc([N+](=O)[O-])s1.Cc1cccs1.Cc1nc(C)c(C)s1.Cc1noc(C)c1C. The van der Waals surface area contributed by atoms with Gasteiger partial charge in [0.15, 0.2) is 19.3 Å². The average molecular weight is 2600 g/mol. The van der Waals surface area contributed by atoms with Gasteiger partial charge < -0.3 is 19.9 Å². The minimum atomic E-state index is -2.60. The quantitative estimate of drug-likeness (QED) is 0.100. The summed E-state index contributed by atoms with van der Waals surface area (Å²) in [5.74, 6) is 2.89. The van der Waals surface area contributed by atoms with Crippen LogP contribution in [0.2, 0.25) is 23.1 Å². The standard InChI is InChI=1S/C11H9ClS2.C10H12N2S.C10H11NOS.C7H10N2OS.C7H9N.C6H9NO.C6H9NS.2C5H4BrClS.C5H5BrS.C5H4ClNO2S.C5H5ClS.C5H7N3OS.C5H5NO2S.C5H10O2S.C5H6S.CH4/c1-8-2-7-11(13-8)14-10-5-3-9(12)4-6-10;1-7-6-9(12(3)11-7)10-5-4-8(2)13-10;1-3-12-8-4-5-9-10(6-8)13-7(2)11-9;1-4-5(2)11-7(8-4)9-6(3)10;1-6-3-4-7(2)8-5-6;1-4-5(2)7-8-6(4)3;1-4-5(2)8-6(3)7-4;1-3-2-4(7)5(6)8-3;1-3-2-4(6)5(7)8-3;1-4-2-3-5(6)7-4;1-3-2-4(7(8)9)5(6)10-3;1-4-2-3-5(6)7-4;1-3(9)6-5-8-7-4(2)10-5;1-4-2-3-5(9-4)6(7)8;1-5-2-3-8(6,7)4-5;1-5-3-2-4-6-5;/h2-7H,1H3;4-6H,1-3H3;4-6H,3H2,1-2H3;1-3H3,(H,8,9,10);3-5H,1-2H3;2*1-3H3;2*2H,1H3;2-3H,1H3;2H,1H3;2-3H,1H3;1-2H3,(H,6,8,9);2-3H,1H3;5H,2-4H2,1H3;2-4H,1H3;1H4. The normalized spacial score (nSPS) is 11.2. The largest absolute Gasteiger partial charge is 0.494 e. The third-order valence-corrected chi connectivity index (χ3v) is 37.7. The van der Waals surface area contributed by atoms with E-state index >= 15 is 0 Å². The maximum absolute atomic E-state index is 10.6. The van der Waals surface area contributed by atoms with E-state index in [0.717, 1.165) is 103 Å². The van der Waals surface area contributed by atoms with E-state index < -0.39 is 14.8 Å². The van der Waals surface area contributed by atoms with Crippen LogP contribution in [0.3, 0.4) is 0 Å². The minimum absolute atomic E-state index is 0. The molecule has 1 aliphatic heterocycles.